The van der Waals surface area contributed by atoms with Gasteiger partial charge in [-0.2, -0.15) is 0 Å². The van der Waals surface area contributed by atoms with E-state index in [2.05, 4.69) is 0 Å². The minimum absolute atomic E-state index is 0.0776. The Morgan fingerprint density at radius 1 is 1.24 bits per heavy atom. The molecule has 0 fully saturated rings. The maximum absolute atomic E-state index is 13.3. The highest BCUT2D eigenvalue weighted by Crippen LogP contribution is 2.34. The molecule has 2 nitrogen and oxygen atoms in total. The number of para-hydroxylation sites is 1. The van der Waals surface area contributed by atoms with Gasteiger partial charge in [0.25, 0.3) is 0 Å². The Bertz CT molecular complexity index is 797. The molecule has 2 N–H and O–H groups in total. The van der Waals surface area contributed by atoms with Crippen LogP contribution in [0.25, 0.3) is 11.0 Å². The lowest BCUT2D eigenvalue weighted by Gasteiger charge is -2.13. The van der Waals surface area contributed by atoms with Crippen molar-refractivity contribution < 1.29 is 8.81 Å². The summed E-state index contributed by atoms with van der Waals surface area (Å²) in [5.74, 6) is 0.407. The molecule has 1 aromatic heterocycles. The molecule has 0 aliphatic rings. The van der Waals surface area contributed by atoms with Gasteiger partial charge in [0.2, 0.25) is 0 Å². The van der Waals surface area contributed by atoms with Crippen LogP contribution in [-0.2, 0) is 6.42 Å². The van der Waals surface area contributed by atoms with Crippen LogP contribution >= 0.6 is 11.6 Å². The highest BCUT2D eigenvalue weighted by Gasteiger charge is 2.20. The van der Waals surface area contributed by atoms with Crippen LogP contribution in [0.15, 0.2) is 46.9 Å². The minimum Gasteiger partial charge on any atom is -0.461 e. The molecule has 0 spiro atoms. The topological polar surface area (TPSA) is 39.2 Å². The number of aryl methyl sites for hydroxylation is 1. The molecule has 3 aromatic rings. The van der Waals surface area contributed by atoms with Gasteiger partial charge < -0.3 is 10.2 Å². The van der Waals surface area contributed by atoms with Crippen LogP contribution in [0.1, 0.15) is 29.9 Å². The fourth-order valence-corrected chi connectivity index (χ4v) is 2.78. The maximum atomic E-state index is 13.3. The van der Waals surface area contributed by atoms with Gasteiger partial charge in [-0.25, -0.2) is 4.39 Å². The molecule has 0 amide bonds. The molecule has 3 rings (SSSR count). The van der Waals surface area contributed by atoms with Crippen molar-refractivity contribution in [3.8, 4) is 0 Å². The van der Waals surface area contributed by atoms with E-state index < -0.39 is 11.9 Å². The predicted octanol–water partition coefficient (Wildman–Crippen LogP) is 4.84. The van der Waals surface area contributed by atoms with Crippen LogP contribution < -0.4 is 5.73 Å². The Balaban J connectivity index is 2.16. The molecule has 0 aliphatic carbocycles. The van der Waals surface area contributed by atoms with Gasteiger partial charge in [-0.1, -0.05) is 42.8 Å². The van der Waals surface area contributed by atoms with E-state index >= 15 is 0 Å². The fraction of sp³-hybridized carbons (Fsp3) is 0.176. The number of furan rings is 1. The predicted molar refractivity (Wildman–Crippen MR) is 83.0 cm³/mol. The van der Waals surface area contributed by atoms with Crippen molar-refractivity contribution in [3.63, 3.8) is 0 Å². The Labute approximate surface area is 127 Å². The first-order valence-electron chi connectivity index (χ1n) is 6.82. The van der Waals surface area contributed by atoms with Gasteiger partial charge in [0.1, 0.15) is 17.2 Å². The van der Waals surface area contributed by atoms with Crippen LogP contribution in [0, 0.1) is 5.82 Å². The molecule has 0 saturated carbocycles. The van der Waals surface area contributed by atoms with Crippen molar-refractivity contribution in [2.45, 2.75) is 19.4 Å². The van der Waals surface area contributed by atoms with E-state index in [1.165, 1.54) is 6.07 Å². The van der Waals surface area contributed by atoms with Gasteiger partial charge in [0.15, 0.2) is 0 Å². The van der Waals surface area contributed by atoms with Gasteiger partial charge >= 0.3 is 0 Å². The average Bonchev–Trinajstić information content (AvgIpc) is 2.87. The van der Waals surface area contributed by atoms with Crippen LogP contribution in [-0.4, -0.2) is 0 Å². The van der Waals surface area contributed by atoms with Crippen molar-refractivity contribution in [2.75, 3.05) is 0 Å². The van der Waals surface area contributed by atoms with Gasteiger partial charge in [0, 0.05) is 17.4 Å². The molecule has 2 aromatic carbocycles. The van der Waals surface area contributed by atoms with E-state index in [1.807, 2.05) is 31.2 Å². The van der Waals surface area contributed by atoms with Crippen LogP contribution in [0.4, 0.5) is 4.39 Å². The van der Waals surface area contributed by atoms with Crippen molar-refractivity contribution in [3.05, 3.63) is 70.2 Å². The first kappa shape index (κ1) is 14.1. The SMILES string of the molecule is CCc1oc2ccccc2c1C(N)c1ccc(F)c(Cl)c1. The molecular formula is C17H15ClFNO. The summed E-state index contributed by atoms with van der Waals surface area (Å²) in [5, 5.41) is 1.07. The molecule has 0 aliphatic heterocycles. The highest BCUT2D eigenvalue weighted by molar-refractivity contribution is 6.30. The highest BCUT2D eigenvalue weighted by atomic mass is 35.5. The normalized spacial score (nSPS) is 12.8. The summed E-state index contributed by atoms with van der Waals surface area (Å²) in [6.45, 7) is 2.02. The van der Waals surface area contributed by atoms with Crippen LogP contribution in [0.5, 0.6) is 0 Å². The molecule has 0 radical (unpaired) electrons. The summed E-state index contributed by atoms with van der Waals surface area (Å²) in [5.41, 5.74) is 8.90. The Morgan fingerprint density at radius 2 is 2.00 bits per heavy atom. The van der Waals surface area contributed by atoms with Crippen molar-refractivity contribution in [1.29, 1.82) is 0 Å². The maximum Gasteiger partial charge on any atom is 0.141 e. The summed E-state index contributed by atoms with van der Waals surface area (Å²) in [7, 11) is 0. The molecule has 1 atom stereocenters. The lowest BCUT2D eigenvalue weighted by atomic mass is 9.96. The zero-order valence-electron chi connectivity index (χ0n) is 11.6. The first-order valence-corrected chi connectivity index (χ1v) is 7.20. The van der Waals surface area contributed by atoms with E-state index in [0.717, 1.165) is 34.3 Å². The molecule has 108 valence electrons. The summed E-state index contributed by atoms with van der Waals surface area (Å²) in [6.07, 6.45) is 0.743. The number of rotatable bonds is 3. The fourth-order valence-electron chi connectivity index (χ4n) is 2.59. The molecule has 1 heterocycles. The van der Waals surface area contributed by atoms with Crippen LogP contribution in [0.2, 0.25) is 5.02 Å². The zero-order valence-corrected chi connectivity index (χ0v) is 12.3. The van der Waals surface area contributed by atoms with E-state index in [4.69, 9.17) is 21.8 Å². The molecule has 4 heteroatoms. The van der Waals surface area contributed by atoms with Gasteiger partial charge in [0.05, 0.1) is 11.1 Å². The number of nitrogens with two attached hydrogens (primary N) is 1. The van der Waals surface area contributed by atoms with E-state index in [9.17, 15) is 4.39 Å². The second-order valence-electron chi connectivity index (χ2n) is 4.94. The number of halogens is 2. The first-order chi connectivity index (χ1) is 10.1. The second-order valence-corrected chi connectivity index (χ2v) is 5.35. The summed E-state index contributed by atoms with van der Waals surface area (Å²) >= 11 is 5.86. The van der Waals surface area contributed by atoms with Crippen molar-refractivity contribution >= 4 is 22.6 Å². The van der Waals surface area contributed by atoms with E-state index in [1.54, 1.807) is 12.1 Å². The third-order valence-electron chi connectivity index (χ3n) is 3.65. The number of fused-ring (bicyclic) bond motifs is 1. The number of benzene rings is 2. The Morgan fingerprint density at radius 3 is 2.71 bits per heavy atom. The zero-order chi connectivity index (χ0) is 15.0. The summed E-state index contributed by atoms with van der Waals surface area (Å²) in [6, 6.07) is 11.9. The molecule has 21 heavy (non-hydrogen) atoms. The molecule has 1 unspecified atom stereocenters. The standard InChI is InChI=1S/C17H15ClFNO/c1-2-14-16(11-5-3-4-6-15(11)21-14)17(20)10-7-8-13(19)12(18)9-10/h3-9,17H,2,20H2,1H3. The van der Waals surface area contributed by atoms with E-state index in [-0.39, 0.29) is 5.02 Å². The number of hydrogen-bond donors (Lipinski definition) is 1. The molecule has 0 saturated heterocycles. The smallest absolute Gasteiger partial charge is 0.141 e. The lowest BCUT2D eigenvalue weighted by Crippen LogP contribution is -2.13. The summed E-state index contributed by atoms with van der Waals surface area (Å²) in [4.78, 5) is 0. The van der Waals surface area contributed by atoms with Gasteiger partial charge in [-0.05, 0) is 23.8 Å². The number of hydrogen-bond acceptors (Lipinski definition) is 2. The van der Waals surface area contributed by atoms with Crippen molar-refractivity contribution in [2.24, 2.45) is 5.73 Å². The van der Waals surface area contributed by atoms with Gasteiger partial charge in [-0.15, -0.1) is 0 Å². The van der Waals surface area contributed by atoms with Crippen molar-refractivity contribution in [1.82, 2.24) is 0 Å². The third kappa shape index (κ3) is 2.43. The minimum atomic E-state index is -0.444. The Kier molecular flexibility index (Phi) is 3.70. The van der Waals surface area contributed by atoms with Gasteiger partial charge in [-0.3, -0.25) is 0 Å². The molecule has 0 bridgehead atoms. The summed E-state index contributed by atoms with van der Waals surface area (Å²) < 4.78 is 19.2. The Hall–Kier alpha value is -1.84. The van der Waals surface area contributed by atoms with Crippen LogP contribution in [0.3, 0.4) is 0 Å². The lowest BCUT2D eigenvalue weighted by molar-refractivity contribution is 0.546. The average molecular weight is 304 g/mol. The third-order valence-corrected chi connectivity index (χ3v) is 3.94. The molecular weight excluding hydrogens is 289 g/mol. The van der Waals surface area contributed by atoms with E-state index in [0.29, 0.717) is 0 Å². The second kappa shape index (κ2) is 5.51. The quantitative estimate of drug-likeness (QED) is 0.752. The largest absolute Gasteiger partial charge is 0.461 e. The monoisotopic (exact) mass is 303 g/mol.